The molecule has 0 aliphatic carbocycles. The van der Waals surface area contributed by atoms with Crippen LogP contribution in [0.2, 0.25) is 0 Å². The standard InChI is InChI=1S/C18H32N4O4S.HI/c1-6-19-18(20-12-9-13-22(7-2)27(5,23)24)21-15-10-11-16(26-8-3)17(14-15)25-4;/h10-11,14H,6-9,12-13H2,1-5H3,(H2,19,20,21);1H. The minimum Gasteiger partial charge on any atom is -0.493 e. The Morgan fingerprint density at radius 1 is 1.21 bits per heavy atom. The molecule has 0 fully saturated rings. The highest BCUT2D eigenvalue weighted by Gasteiger charge is 2.13. The molecule has 0 unspecified atom stereocenters. The van der Waals surface area contributed by atoms with E-state index in [0.29, 0.717) is 56.7 Å². The van der Waals surface area contributed by atoms with Crippen molar-refractivity contribution in [2.75, 3.05) is 51.5 Å². The van der Waals surface area contributed by atoms with Crippen LogP contribution < -0.4 is 20.1 Å². The van der Waals surface area contributed by atoms with Crippen molar-refractivity contribution >= 4 is 45.6 Å². The van der Waals surface area contributed by atoms with E-state index >= 15 is 0 Å². The number of guanidine groups is 1. The molecule has 28 heavy (non-hydrogen) atoms. The van der Waals surface area contributed by atoms with Crippen molar-refractivity contribution in [1.82, 2.24) is 9.62 Å². The van der Waals surface area contributed by atoms with E-state index in [1.165, 1.54) is 10.6 Å². The molecule has 1 rings (SSSR count). The Hall–Kier alpha value is -1.27. The highest BCUT2D eigenvalue weighted by atomic mass is 127. The number of sulfonamides is 1. The number of methoxy groups -OCH3 is 1. The Balaban J connectivity index is 0.00000729. The number of nitrogens with one attached hydrogen (secondary N) is 2. The van der Waals surface area contributed by atoms with Gasteiger partial charge in [-0.2, -0.15) is 0 Å². The van der Waals surface area contributed by atoms with Gasteiger partial charge in [-0.15, -0.1) is 24.0 Å². The van der Waals surface area contributed by atoms with Gasteiger partial charge in [0.15, 0.2) is 17.5 Å². The normalized spacial score (nSPS) is 11.7. The lowest BCUT2D eigenvalue weighted by Gasteiger charge is -2.17. The third-order valence-corrected chi connectivity index (χ3v) is 5.11. The number of hydrogen-bond donors (Lipinski definition) is 2. The molecule has 162 valence electrons. The Bertz CT molecular complexity index is 714. The summed E-state index contributed by atoms with van der Waals surface area (Å²) in [4.78, 5) is 4.51. The van der Waals surface area contributed by atoms with Crippen molar-refractivity contribution in [3.63, 3.8) is 0 Å². The summed E-state index contributed by atoms with van der Waals surface area (Å²) in [5.41, 5.74) is 0.821. The highest BCUT2D eigenvalue weighted by Crippen LogP contribution is 2.30. The number of aliphatic imine (C=N–C) groups is 1. The minimum atomic E-state index is -3.16. The molecule has 0 radical (unpaired) electrons. The maximum Gasteiger partial charge on any atom is 0.211 e. The van der Waals surface area contributed by atoms with Gasteiger partial charge in [0.1, 0.15) is 0 Å². The second-order valence-electron chi connectivity index (χ2n) is 5.79. The van der Waals surface area contributed by atoms with Gasteiger partial charge in [-0.25, -0.2) is 12.7 Å². The van der Waals surface area contributed by atoms with E-state index in [4.69, 9.17) is 9.47 Å². The fraction of sp³-hybridized carbons (Fsp3) is 0.611. The third-order valence-electron chi connectivity index (χ3n) is 3.73. The van der Waals surface area contributed by atoms with Crippen LogP contribution in [0.1, 0.15) is 27.2 Å². The van der Waals surface area contributed by atoms with E-state index in [-0.39, 0.29) is 24.0 Å². The molecule has 1 aromatic rings. The van der Waals surface area contributed by atoms with E-state index < -0.39 is 10.0 Å². The lowest BCUT2D eigenvalue weighted by molar-refractivity contribution is 0.311. The van der Waals surface area contributed by atoms with E-state index in [0.717, 1.165) is 5.69 Å². The number of nitrogens with zero attached hydrogens (tertiary/aromatic N) is 2. The predicted octanol–water partition coefficient (Wildman–Crippen LogP) is 2.76. The van der Waals surface area contributed by atoms with Gasteiger partial charge in [0.05, 0.1) is 20.0 Å². The van der Waals surface area contributed by atoms with Crippen LogP contribution in [0.25, 0.3) is 0 Å². The topological polar surface area (TPSA) is 92.3 Å². The SMILES string of the molecule is CCNC(=NCCCN(CC)S(C)(=O)=O)Nc1ccc(OCC)c(OC)c1.I. The van der Waals surface area contributed by atoms with Crippen molar-refractivity contribution in [2.45, 2.75) is 27.2 Å². The monoisotopic (exact) mass is 528 g/mol. The van der Waals surface area contributed by atoms with Gasteiger partial charge in [-0.1, -0.05) is 6.92 Å². The summed E-state index contributed by atoms with van der Waals surface area (Å²) in [5.74, 6) is 1.96. The van der Waals surface area contributed by atoms with Gasteiger partial charge in [0.25, 0.3) is 0 Å². The van der Waals surface area contributed by atoms with E-state index in [2.05, 4.69) is 15.6 Å². The quantitative estimate of drug-likeness (QED) is 0.199. The molecule has 10 heteroatoms. The van der Waals surface area contributed by atoms with Crippen molar-refractivity contribution in [1.29, 1.82) is 0 Å². The minimum absolute atomic E-state index is 0. The molecule has 0 atom stereocenters. The molecule has 0 saturated heterocycles. The molecule has 2 N–H and O–H groups in total. The zero-order valence-corrected chi connectivity index (χ0v) is 20.5. The lowest BCUT2D eigenvalue weighted by Crippen LogP contribution is -2.32. The van der Waals surface area contributed by atoms with Crippen molar-refractivity contribution in [3.8, 4) is 11.5 Å². The van der Waals surface area contributed by atoms with Crippen LogP contribution in [0.3, 0.4) is 0 Å². The second-order valence-corrected chi connectivity index (χ2v) is 7.77. The highest BCUT2D eigenvalue weighted by molar-refractivity contribution is 14.0. The number of rotatable bonds is 11. The fourth-order valence-electron chi connectivity index (χ4n) is 2.46. The summed E-state index contributed by atoms with van der Waals surface area (Å²) >= 11 is 0. The first-order chi connectivity index (χ1) is 12.8. The van der Waals surface area contributed by atoms with E-state index in [1.807, 2.05) is 39.0 Å². The number of ether oxygens (including phenoxy) is 2. The summed E-state index contributed by atoms with van der Waals surface area (Å²) in [6.45, 7) is 8.44. The average molecular weight is 528 g/mol. The smallest absolute Gasteiger partial charge is 0.211 e. The summed E-state index contributed by atoms with van der Waals surface area (Å²) < 4.78 is 35.6. The largest absolute Gasteiger partial charge is 0.493 e. The molecular formula is C18H33IN4O4S. The summed E-state index contributed by atoms with van der Waals surface area (Å²) in [7, 11) is -1.56. The van der Waals surface area contributed by atoms with Crippen LogP contribution in [0.15, 0.2) is 23.2 Å². The van der Waals surface area contributed by atoms with Crippen LogP contribution >= 0.6 is 24.0 Å². The molecule has 8 nitrogen and oxygen atoms in total. The first kappa shape index (κ1) is 26.7. The molecule has 0 amide bonds. The Morgan fingerprint density at radius 3 is 2.46 bits per heavy atom. The number of benzene rings is 1. The maximum atomic E-state index is 11.6. The van der Waals surface area contributed by atoms with Gasteiger partial charge in [-0.3, -0.25) is 4.99 Å². The van der Waals surface area contributed by atoms with Gasteiger partial charge in [0, 0.05) is 37.9 Å². The summed E-state index contributed by atoms with van der Waals surface area (Å²) in [5, 5.41) is 6.40. The van der Waals surface area contributed by atoms with Crippen LogP contribution in [0.4, 0.5) is 5.69 Å². The Morgan fingerprint density at radius 2 is 1.93 bits per heavy atom. The first-order valence-corrected chi connectivity index (χ1v) is 11.0. The number of hydrogen-bond acceptors (Lipinski definition) is 5. The van der Waals surface area contributed by atoms with E-state index in [9.17, 15) is 8.42 Å². The molecular weight excluding hydrogens is 495 g/mol. The van der Waals surface area contributed by atoms with Crippen LogP contribution in [0.5, 0.6) is 11.5 Å². The molecule has 0 aliphatic heterocycles. The molecule has 0 saturated carbocycles. The first-order valence-electron chi connectivity index (χ1n) is 9.16. The van der Waals surface area contributed by atoms with Crippen molar-refractivity contribution in [3.05, 3.63) is 18.2 Å². The van der Waals surface area contributed by atoms with Gasteiger partial charge >= 0.3 is 0 Å². The van der Waals surface area contributed by atoms with E-state index in [1.54, 1.807) is 7.11 Å². The van der Waals surface area contributed by atoms with Crippen LogP contribution in [-0.4, -0.2) is 64.8 Å². The summed E-state index contributed by atoms with van der Waals surface area (Å²) in [6.07, 6.45) is 1.87. The average Bonchev–Trinajstić information content (AvgIpc) is 2.62. The van der Waals surface area contributed by atoms with Gasteiger partial charge in [0.2, 0.25) is 10.0 Å². The zero-order valence-electron chi connectivity index (χ0n) is 17.3. The number of halogens is 1. The molecule has 0 heterocycles. The van der Waals surface area contributed by atoms with Crippen molar-refractivity contribution in [2.24, 2.45) is 4.99 Å². The molecule has 0 aromatic heterocycles. The Labute approximate surface area is 186 Å². The lowest BCUT2D eigenvalue weighted by atomic mass is 10.2. The van der Waals surface area contributed by atoms with Gasteiger partial charge in [-0.05, 0) is 32.4 Å². The molecule has 0 aliphatic rings. The van der Waals surface area contributed by atoms with Crippen LogP contribution in [-0.2, 0) is 10.0 Å². The van der Waals surface area contributed by atoms with Crippen molar-refractivity contribution < 1.29 is 17.9 Å². The predicted molar refractivity (Wildman–Crippen MR) is 126 cm³/mol. The Kier molecular flexibility index (Phi) is 13.2. The summed E-state index contributed by atoms with van der Waals surface area (Å²) in [6, 6.07) is 5.59. The fourth-order valence-corrected chi connectivity index (χ4v) is 3.39. The third kappa shape index (κ3) is 9.28. The van der Waals surface area contributed by atoms with Crippen LogP contribution in [0, 0.1) is 0 Å². The molecule has 0 bridgehead atoms. The zero-order chi connectivity index (χ0) is 20.3. The second kappa shape index (κ2) is 13.8. The maximum absolute atomic E-state index is 11.6. The molecule has 0 spiro atoms. The molecule has 1 aromatic carbocycles. The van der Waals surface area contributed by atoms with Gasteiger partial charge < -0.3 is 20.1 Å². The number of anilines is 1.